The fourth-order valence-corrected chi connectivity index (χ4v) is 4.92. The van der Waals surface area contributed by atoms with Crippen LogP contribution in [0.4, 0.5) is 4.79 Å². The lowest BCUT2D eigenvalue weighted by Gasteiger charge is -2.28. The van der Waals surface area contributed by atoms with Gasteiger partial charge < -0.3 is 10.2 Å². The lowest BCUT2D eigenvalue weighted by atomic mass is 9.76. The van der Waals surface area contributed by atoms with E-state index in [1.807, 2.05) is 15.8 Å². The Morgan fingerprint density at radius 3 is 2.96 bits per heavy atom. The van der Waals surface area contributed by atoms with Crippen molar-refractivity contribution in [1.29, 1.82) is 0 Å². The molecule has 5 rings (SSSR count). The zero-order valence-corrected chi connectivity index (χ0v) is 15.4. The van der Waals surface area contributed by atoms with Crippen LogP contribution in [-0.2, 0) is 6.42 Å². The quantitative estimate of drug-likeness (QED) is 0.656. The van der Waals surface area contributed by atoms with Gasteiger partial charge in [0.15, 0.2) is 0 Å². The second-order valence-corrected chi connectivity index (χ2v) is 7.65. The number of nitrogens with one attached hydrogen (secondary N) is 1. The van der Waals surface area contributed by atoms with Crippen molar-refractivity contribution in [3.8, 4) is 5.69 Å². The molecule has 2 atom stereocenters. The van der Waals surface area contributed by atoms with Gasteiger partial charge in [0, 0.05) is 12.0 Å². The van der Waals surface area contributed by atoms with E-state index in [0.717, 1.165) is 37.1 Å². The number of hydrogen-bond acceptors (Lipinski definition) is 3. The first-order valence-corrected chi connectivity index (χ1v) is 9.51. The van der Waals surface area contributed by atoms with Crippen molar-refractivity contribution < 1.29 is 4.79 Å². The Labute approximate surface area is 157 Å². The first kappa shape index (κ1) is 15.8. The molecule has 1 saturated carbocycles. The predicted octanol–water partition coefficient (Wildman–Crippen LogP) is 3.39. The molecule has 1 spiro atoms. The first-order valence-electron chi connectivity index (χ1n) is 9.03. The maximum absolute atomic E-state index is 12.5. The van der Waals surface area contributed by atoms with Crippen LogP contribution < -0.4 is 5.32 Å². The lowest BCUT2D eigenvalue weighted by Crippen LogP contribution is -2.35. The van der Waals surface area contributed by atoms with Crippen LogP contribution in [0.1, 0.15) is 36.1 Å². The lowest BCUT2D eigenvalue weighted by molar-refractivity contribution is 0.227. The Morgan fingerprint density at radius 1 is 1.38 bits per heavy atom. The normalized spacial score (nSPS) is 25.5. The van der Waals surface area contributed by atoms with E-state index >= 15 is 0 Å². The van der Waals surface area contributed by atoms with E-state index in [1.165, 1.54) is 22.2 Å². The Hall–Kier alpha value is -2.47. The van der Waals surface area contributed by atoms with E-state index < -0.39 is 0 Å². The van der Waals surface area contributed by atoms with E-state index in [0.29, 0.717) is 0 Å². The highest BCUT2D eigenvalue weighted by Gasteiger charge is 2.68. The average molecular weight is 364 g/mol. The van der Waals surface area contributed by atoms with Gasteiger partial charge in [-0.2, -0.15) is 5.10 Å². The summed E-state index contributed by atoms with van der Waals surface area (Å²) in [5, 5.41) is 7.32. The molecule has 2 aromatic rings. The van der Waals surface area contributed by atoms with Gasteiger partial charge in [-0.05, 0) is 50.0 Å². The summed E-state index contributed by atoms with van der Waals surface area (Å²) >= 11 is 4.80. The molecule has 2 fully saturated rings. The standard InChI is InChI=1S/C20H20N4OS/c1-13-5-7-16(8-6-13)24-17-9-15-3-2-4-18-20(15,10-14(17)11-22-24)23(18)19(25)21-12-26/h5-9,11-12,18H,2-4,10H2,1H3,(H,21,25,26). The van der Waals surface area contributed by atoms with Gasteiger partial charge >= 0.3 is 6.03 Å². The number of rotatable bonds is 2. The number of benzene rings is 1. The Kier molecular flexibility index (Phi) is 3.34. The van der Waals surface area contributed by atoms with Crippen LogP contribution in [-0.4, -0.2) is 37.8 Å². The van der Waals surface area contributed by atoms with Gasteiger partial charge in [0.1, 0.15) is 0 Å². The van der Waals surface area contributed by atoms with E-state index in [4.69, 9.17) is 12.2 Å². The molecule has 5 nitrogen and oxygen atoms in total. The maximum atomic E-state index is 12.5. The summed E-state index contributed by atoms with van der Waals surface area (Å²) < 4.78 is 2.02. The number of aromatic nitrogens is 2. The van der Waals surface area contributed by atoms with E-state index in [2.05, 4.69) is 47.7 Å². The second kappa shape index (κ2) is 5.51. The molecule has 3 aliphatic rings. The third kappa shape index (κ3) is 2.05. The number of hydrogen-bond donors (Lipinski definition) is 1. The van der Waals surface area contributed by atoms with Crippen LogP contribution in [0.15, 0.2) is 36.0 Å². The number of urea groups is 1. The van der Waals surface area contributed by atoms with Crippen molar-refractivity contribution in [3.05, 3.63) is 52.9 Å². The van der Waals surface area contributed by atoms with Crippen LogP contribution in [0, 0.1) is 6.92 Å². The third-order valence-corrected chi connectivity index (χ3v) is 6.16. The minimum atomic E-state index is -0.158. The fourth-order valence-electron chi connectivity index (χ4n) is 4.82. The molecule has 0 bridgehead atoms. The summed E-state index contributed by atoms with van der Waals surface area (Å²) in [7, 11) is 0. The van der Waals surface area contributed by atoms with Crippen LogP contribution in [0.5, 0.6) is 0 Å². The van der Waals surface area contributed by atoms with Crippen molar-refractivity contribution >= 4 is 29.8 Å². The number of aryl methyl sites for hydroxylation is 1. The Bertz CT molecular complexity index is 945. The van der Waals surface area contributed by atoms with Gasteiger partial charge in [-0.25, -0.2) is 9.48 Å². The molecular weight excluding hydrogens is 344 g/mol. The summed E-state index contributed by atoms with van der Waals surface area (Å²) in [5.41, 5.74) is 7.17. The summed E-state index contributed by atoms with van der Waals surface area (Å²) in [5.74, 6) is 0. The summed E-state index contributed by atoms with van der Waals surface area (Å²) in [6.45, 7) is 2.09. The second-order valence-electron chi connectivity index (χ2n) is 7.42. The van der Waals surface area contributed by atoms with Crippen LogP contribution in [0.25, 0.3) is 11.8 Å². The van der Waals surface area contributed by atoms with Crippen molar-refractivity contribution in [3.63, 3.8) is 0 Å². The van der Waals surface area contributed by atoms with Crippen molar-refractivity contribution in [2.75, 3.05) is 0 Å². The van der Waals surface area contributed by atoms with Crippen LogP contribution >= 0.6 is 12.2 Å². The van der Waals surface area contributed by atoms with Crippen molar-refractivity contribution in [2.45, 2.75) is 44.2 Å². The smallest absolute Gasteiger partial charge is 0.307 e. The van der Waals surface area contributed by atoms with Gasteiger partial charge in [0.25, 0.3) is 0 Å². The molecule has 2 amide bonds. The number of carbonyl (C=O) groups excluding carboxylic acids is 1. The monoisotopic (exact) mass is 364 g/mol. The molecule has 132 valence electrons. The van der Waals surface area contributed by atoms with E-state index in [9.17, 15) is 4.79 Å². The van der Waals surface area contributed by atoms with Gasteiger partial charge in [-0.1, -0.05) is 29.9 Å². The van der Waals surface area contributed by atoms with Gasteiger partial charge in [0.2, 0.25) is 0 Å². The molecule has 2 unspecified atom stereocenters. The van der Waals surface area contributed by atoms with E-state index in [1.54, 1.807) is 0 Å². The molecule has 2 heterocycles. The SMILES string of the molecule is Cc1ccc(-n2ncc3c2C=C2CCCC4N(C(=O)NC=S)C24C3)cc1. The molecule has 1 N–H and O–H groups in total. The largest absolute Gasteiger partial charge is 0.323 e. The summed E-state index contributed by atoms with van der Waals surface area (Å²) in [6.07, 6.45) is 8.28. The number of carbonyl (C=O) groups is 1. The fraction of sp³-hybridized carbons (Fsp3) is 0.350. The number of amides is 2. The molecule has 1 aromatic heterocycles. The van der Waals surface area contributed by atoms with E-state index in [-0.39, 0.29) is 17.6 Å². The molecular formula is C20H20N4OS. The molecule has 26 heavy (non-hydrogen) atoms. The maximum Gasteiger partial charge on any atom is 0.323 e. The minimum Gasteiger partial charge on any atom is -0.307 e. The number of likely N-dealkylation sites (tertiary alicyclic amines) is 1. The van der Waals surface area contributed by atoms with Crippen molar-refractivity contribution in [1.82, 2.24) is 20.0 Å². The molecule has 1 saturated heterocycles. The zero-order chi connectivity index (χ0) is 17.9. The van der Waals surface area contributed by atoms with Gasteiger partial charge in [0.05, 0.1) is 34.7 Å². The van der Waals surface area contributed by atoms with Gasteiger partial charge in [-0.15, -0.1) is 0 Å². The first-order chi connectivity index (χ1) is 12.6. The Morgan fingerprint density at radius 2 is 2.19 bits per heavy atom. The van der Waals surface area contributed by atoms with Crippen LogP contribution in [0.2, 0.25) is 0 Å². The number of thiocarbonyl (C=S) groups is 1. The number of nitrogens with zero attached hydrogens (tertiary/aromatic N) is 3. The molecule has 6 heteroatoms. The molecule has 0 radical (unpaired) electrons. The highest BCUT2D eigenvalue weighted by atomic mass is 32.1. The minimum absolute atomic E-state index is 0.0767. The average Bonchev–Trinajstić information content (AvgIpc) is 3.12. The predicted molar refractivity (Wildman–Crippen MR) is 104 cm³/mol. The highest BCUT2D eigenvalue weighted by Crippen LogP contribution is 2.58. The molecule has 2 aliphatic carbocycles. The Balaban J connectivity index is 1.55. The number of fused-ring (bicyclic) bond motifs is 1. The third-order valence-electron chi connectivity index (χ3n) is 6.04. The highest BCUT2D eigenvalue weighted by molar-refractivity contribution is 7.78. The summed E-state index contributed by atoms with van der Waals surface area (Å²) in [6, 6.07) is 8.63. The van der Waals surface area contributed by atoms with Gasteiger partial charge in [-0.3, -0.25) is 0 Å². The zero-order valence-electron chi connectivity index (χ0n) is 14.6. The van der Waals surface area contributed by atoms with Crippen LogP contribution in [0.3, 0.4) is 0 Å². The van der Waals surface area contributed by atoms with Crippen molar-refractivity contribution in [2.24, 2.45) is 0 Å². The molecule has 1 aliphatic heterocycles. The molecule has 1 aromatic carbocycles. The topological polar surface area (TPSA) is 49.9 Å². The summed E-state index contributed by atoms with van der Waals surface area (Å²) in [4.78, 5) is 14.4.